The van der Waals surface area contributed by atoms with Crippen LogP contribution in [-0.2, 0) is 16.1 Å². The minimum absolute atomic E-state index is 0. The molecule has 0 aromatic heterocycles. The lowest BCUT2D eigenvalue weighted by Crippen LogP contribution is -2.45. The average molecular weight is 617 g/mol. The summed E-state index contributed by atoms with van der Waals surface area (Å²) >= 11 is 3.49. The maximum absolute atomic E-state index is 13.5. The van der Waals surface area contributed by atoms with Crippen LogP contribution in [-0.4, -0.2) is 47.8 Å². The minimum Gasteiger partial charge on any atom is -0.349 e. The standard InChI is InChI=1S/C32H42BrN3O2.ClH/c33-28-14-12-25(13-15-28)24-36-23-19-32(31(36)38)17-21-35(22-18-32)20-16-29(26-8-6-3-7-9-26)34-30(37)27-10-4-1-2-5-11-27;/h3,6-9,12-15,27,29H,1-2,4-5,10-11,16-24H2,(H,34,37);1H. The first-order valence-electron chi connectivity index (χ1n) is 14.6. The van der Waals surface area contributed by atoms with Gasteiger partial charge in [-0.3, -0.25) is 9.59 Å². The van der Waals surface area contributed by atoms with Gasteiger partial charge in [0.2, 0.25) is 11.8 Å². The zero-order valence-electron chi connectivity index (χ0n) is 23.0. The van der Waals surface area contributed by atoms with Crippen LogP contribution in [0, 0.1) is 11.3 Å². The lowest BCUT2D eigenvalue weighted by atomic mass is 9.77. The maximum atomic E-state index is 13.5. The Labute approximate surface area is 248 Å². The molecule has 2 amide bonds. The molecule has 5 nitrogen and oxygen atoms in total. The normalized spacial score (nSPS) is 20.8. The molecule has 1 N–H and O–H groups in total. The number of nitrogens with one attached hydrogen (secondary N) is 1. The van der Waals surface area contributed by atoms with Gasteiger partial charge in [-0.15, -0.1) is 12.4 Å². The highest BCUT2D eigenvalue weighted by Crippen LogP contribution is 2.42. The Balaban J connectivity index is 0.00000353. The van der Waals surface area contributed by atoms with E-state index < -0.39 is 0 Å². The Bertz CT molecular complexity index is 1060. The van der Waals surface area contributed by atoms with Crippen LogP contribution in [0.1, 0.15) is 81.4 Å². The van der Waals surface area contributed by atoms with E-state index in [1.54, 1.807) is 0 Å². The Morgan fingerprint density at radius 3 is 2.23 bits per heavy atom. The molecule has 1 aliphatic carbocycles. The summed E-state index contributed by atoms with van der Waals surface area (Å²) < 4.78 is 1.07. The first-order valence-corrected chi connectivity index (χ1v) is 15.4. The number of hydrogen-bond acceptors (Lipinski definition) is 3. The van der Waals surface area contributed by atoms with Gasteiger partial charge in [-0.1, -0.05) is 84.1 Å². The Hall–Kier alpha value is -1.89. The molecular formula is C32H43BrClN3O2. The molecule has 1 atom stereocenters. The second-order valence-corrected chi connectivity index (χ2v) is 12.6. The number of halogens is 2. The van der Waals surface area contributed by atoms with E-state index in [9.17, 15) is 9.59 Å². The molecule has 0 radical (unpaired) electrons. The fourth-order valence-electron chi connectivity index (χ4n) is 6.67. The number of benzene rings is 2. The lowest BCUT2D eigenvalue weighted by Gasteiger charge is -2.38. The molecule has 3 aliphatic rings. The van der Waals surface area contributed by atoms with Gasteiger partial charge < -0.3 is 15.1 Å². The van der Waals surface area contributed by atoms with Crippen molar-refractivity contribution >= 4 is 40.2 Å². The van der Waals surface area contributed by atoms with E-state index in [2.05, 4.69) is 67.4 Å². The highest BCUT2D eigenvalue weighted by Gasteiger charge is 2.47. The number of hydrogen-bond donors (Lipinski definition) is 1. The monoisotopic (exact) mass is 615 g/mol. The van der Waals surface area contributed by atoms with Gasteiger partial charge >= 0.3 is 0 Å². The third-order valence-corrected chi connectivity index (χ3v) is 9.71. The molecule has 5 rings (SSSR count). The maximum Gasteiger partial charge on any atom is 0.229 e. The number of carbonyl (C=O) groups excluding carboxylic acids is 2. The van der Waals surface area contributed by atoms with Crippen LogP contribution in [0.2, 0.25) is 0 Å². The molecule has 212 valence electrons. The highest BCUT2D eigenvalue weighted by atomic mass is 79.9. The lowest BCUT2D eigenvalue weighted by molar-refractivity contribution is -0.139. The first kappa shape index (κ1) is 30.1. The van der Waals surface area contributed by atoms with E-state index in [0.29, 0.717) is 12.5 Å². The van der Waals surface area contributed by atoms with E-state index in [-0.39, 0.29) is 35.7 Å². The van der Waals surface area contributed by atoms with Crippen molar-refractivity contribution < 1.29 is 9.59 Å². The summed E-state index contributed by atoms with van der Waals surface area (Å²) in [4.78, 5) is 31.2. The smallest absolute Gasteiger partial charge is 0.229 e. The van der Waals surface area contributed by atoms with Crippen molar-refractivity contribution in [1.29, 1.82) is 0 Å². The molecule has 1 unspecified atom stereocenters. The van der Waals surface area contributed by atoms with Crippen molar-refractivity contribution in [3.8, 4) is 0 Å². The molecule has 0 bridgehead atoms. The van der Waals surface area contributed by atoms with E-state index in [4.69, 9.17) is 0 Å². The summed E-state index contributed by atoms with van der Waals surface area (Å²) in [6.45, 7) is 4.42. The van der Waals surface area contributed by atoms with Crippen LogP contribution in [0.5, 0.6) is 0 Å². The summed E-state index contributed by atoms with van der Waals surface area (Å²) in [5, 5.41) is 3.43. The molecule has 2 aromatic carbocycles. The summed E-state index contributed by atoms with van der Waals surface area (Å²) in [5.74, 6) is 0.742. The van der Waals surface area contributed by atoms with E-state index >= 15 is 0 Å². The Morgan fingerprint density at radius 1 is 0.923 bits per heavy atom. The average Bonchev–Trinajstić information content (AvgIpc) is 3.11. The molecule has 7 heteroatoms. The number of amides is 2. The first-order chi connectivity index (χ1) is 18.5. The number of piperidine rings is 1. The van der Waals surface area contributed by atoms with Crippen molar-refractivity contribution in [3.63, 3.8) is 0 Å². The topological polar surface area (TPSA) is 52.7 Å². The fourth-order valence-corrected chi connectivity index (χ4v) is 6.94. The molecule has 1 saturated carbocycles. The van der Waals surface area contributed by atoms with Crippen molar-refractivity contribution in [2.45, 2.75) is 76.8 Å². The van der Waals surface area contributed by atoms with Gasteiger partial charge in [-0.05, 0) is 74.9 Å². The highest BCUT2D eigenvalue weighted by molar-refractivity contribution is 9.10. The second kappa shape index (κ2) is 14.1. The van der Waals surface area contributed by atoms with Crippen molar-refractivity contribution in [3.05, 3.63) is 70.2 Å². The van der Waals surface area contributed by atoms with Crippen LogP contribution in [0.4, 0.5) is 0 Å². The molecule has 39 heavy (non-hydrogen) atoms. The van der Waals surface area contributed by atoms with Gasteiger partial charge in [0.1, 0.15) is 0 Å². The van der Waals surface area contributed by atoms with Crippen molar-refractivity contribution in [1.82, 2.24) is 15.1 Å². The molecule has 2 heterocycles. The molecular weight excluding hydrogens is 574 g/mol. The third-order valence-electron chi connectivity index (χ3n) is 9.18. The van der Waals surface area contributed by atoms with E-state index in [1.807, 2.05) is 18.2 Å². The van der Waals surface area contributed by atoms with Gasteiger partial charge in [0.15, 0.2) is 0 Å². The summed E-state index contributed by atoms with van der Waals surface area (Å²) in [7, 11) is 0. The number of likely N-dealkylation sites (tertiary alicyclic amines) is 2. The van der Waals surface area contributed by atoms with Gasteiger partial charge in [0.05, 0.1) is 11.5 Å². The Kier molecular flexibility index (Phi) is 10.9. The molecule has 3 fully saturated rings. The van der Waals surface area contributed by atoms with Crippen molar-refractivity contribution in [2.24, 2.45) is 11.3 Å². The minimum atomic E-state index is -0.182. The van der Waals surface area contributed by atoms with Crippen LogP contribution in [0.15, 0.2) is 59.1 Å². The van der Waals surface area contributed by atoms with Gasteiger partial charge in [-0.25, -0.2) is 0 Å². The third kappa shape index (κ3) is 7.65. The molecule has 2 aromatic rings. The van der Waals surface area contributed by atoms with Gasteiger partial charge in [-0.2, -0.15) is 0 Å². The SMILES string of the molecule is Cl.O=C(NC(CCN1CCC2(CC1)CCN(Cc1ccc(Br)cc1)C2=O)c1ccccc1)C1CCCCCC1. The van der Waals surface area contributed by atoms with Gasteiger partial charge in [0.25, 0.3) is 0 Å². The predicted molar refractivity (Wildman–Crippen MR) is 163 cm³/mol. The van der Waals surface area contributed by atoms with Crippen LogP contribution in [0.25, 0.3) is 0 Å². The summed E-state index contributed by atoms with van der Waals surface area (Å²) in [6, 6.07) is 18.8. The zero-order chi connectivity index (χ0) is 26.4. The Morgan fingerprint density at radius 2 is 1.56 bits per heavy atom. The van der Waals surface area contributed by atoms with E-state index in [1.165, 1.54) is 36.8 Å². The van der Waals surface area contributed by atoms with Gasteiger partial charge in [0, 0.05) is 30.0 Å². The number of carbonyl (C=O) groups is 2. The quantitative estimate of drug-likeness (QED) is 0.328. The zero-order valence-corrected chi connectivity index (χ0v) is 25.4. The predicted octanol–water partition coefficient (Wildman–Crippen LogP) is 6.90. The number of rotatable bonds is 8. The fraction of sp³-hybridized carbons (Fsp3) is 0.562. The van der Waals surface area contributed by atoms with E-state index in [0.717, 1.165) is 69.2 Å². The summed E-state index contributed by atoms with van der Waals surface area (Å²) in [6.07, 6.45) is 10.6. The van der Waals surface area contributed by atoms with Crippen molar-refractivity contribution in [2.75, 3.05) is 26.2 Å². The molecule has 2 saturated heterocycles. The van der Waals surface area contributed by atoms with Crippen LogP contribution < -0.4 is 5.32 Å². The second-order valence-electron chi connectivity index (χ2n) is 11.7. The van der Waals surface area contributed by atoms with Crippen LogP contribution >= 0.6 is 28.3 Å². The molecule has 2 aliphatic heterocycles. The number of nitrogens with zero attached hydrogens (tertiary/aromatic N) is 2. The molecule has 1 spiro atoms. The van der Waals surface area contributed by atoms with Crippen LogP contribution in [0.3, 0.4) is 0 Å². The largest absolute Gasteiger partial charge is 0.349 e. The summed E-state index contributed by atoms with van der Waals surface area (Å²) in [5.41, 5.74) is 2.20.